The number of halogens is 1. The van der Waals surface area contributed by atoms with Gasteiger partial charge in [0.15, 0.2) is 5.82 Å². The van der Waals surface area contributed by atoms with Gasteiger partial charge in [-0.15, -0.1) is 0 Å². The van der Waals surface area contributed by atoms with E-state index < -0.39 is 0 Å². The van der Waals surface area contributed by atoms with Crippen molar-refractivity contribution in [3.63, 3.8) is 0 Å². The molecule has 0 aliphatic heterocycles. The van der Waals surface area contributed by atoms with E-state index in [0.29, 0.717) is 18.7 Å². The molecule has 1 rings (SSSR count). The molecule has 0 unspecified atom stereocenters. The highest BCUT2D eigenvalue weighted by atomic mass is 19.1. The van der Waals surface area contributed by atoms with Crippen molar-refractivity contribution in [2.24, 2.45) is 0 Å². The number of nitrogens with zero attached hydrogens (tertiary/aromatic N) is 1. The van der Waals surface area contributed by atoms with Crippen LogP contribution in [-0.4, -0.2) is 18.1 Å². The van der Waals surface area contributed by atoms with Crippen LogP contribution < -0.4 is 10.1 Å². The Hall–Kier alpha value is -1.16. The number of ether oxygens (including phenoxy) is 1. The lowest BCUT2D eigenvalue weighted by Crippen LogP contribution is -2.15. The molecule has 0 fully saturated rings. The van der Waals surface area contributed by atoms with Gasteiger partial charge < -0.3 is 10.1 Å². The van der Waals surface area contributed by atoms with Crippen molar-refractivity contribution in [3.05, 3.63) is 23.6 Å². The quantitative estimate of drug-likeness (QED) is 0.578. The van der Waals surface area contributed by atoms with Gasteiger partial charge in [0.05, 0.1) is 6.61 Å². The van der Waals surface area contributed by atoms with Crippen LogP contribution in [0.5, 0.6) is 5.88 Å². The van der Waals surface area contributed by atoms with Crippen molar-refractivity contribution in [3.8, 4) is 5.88 Å². The summed E-state index contributed by atoms with van der Waals surface area (Å²) in [5.74, 6) is -0.188. The fraction of sp³-hybridized carbons (Fsp3) is 0.706. The summed E-state index contributed by atoms with van der Waals surface area (Å²) in [7, 11) is 0. The van der Waals surface area contributed by atoms with Crippen LogP contribution in [0.25, 0.3) is 0 Å². The fourth-order valence-electron chi connectivity index (χ4n) is 2.15. The molecule has 4 heteroatoms. The fourth-order valence-corrected chi connectivity index (χ4v) is 2.15. The van der Waals surface area contributed by atoms with Gasteiger partial charge in [0.1, 0.15) is 0 Å². The second-order valence-electron chi connectivity index (χ2n) is 5.38. The third-order valence-electron chi connectivity index (χ3n) is 3.42. The minimum atomic E-state index is -0.327. The third kappa shape index (κ3) is 7.42. The zero-order valence-electron chi connectivity index (χ0n) is 13.5. The Labute approximate surface area is 128 Å². The lowest BCUT2D eigenvalue weighted by molar-refractivity contribution is 0.276. The maximum Gasteiger partial charge on any atom is 0.250 e. The molecule has 3 nitrogen and oxygen atoms in total. The first-order valence-corrected chi connectivity index (χ1v) is 8.26. The van der Waals surface area contributed by atoms with Crippen molar-refractivity contribution >= 4 is 0 Å². The van der Waals surface area contributed by atoms with E-state index in [1.807, 2.05) is 0 Å². The lowest BCUT2D eigenvalue weighted by Gasteiger charge is -2.09. The Balaban J connectivity index is 2.29. The summed E-state index contributed by atoms with van der Waals surface area (Å²) in [6.07, 6.45) is 9.81. The van der Waals surface area contributed by atoms with Crippen LogP contribution in [0.4, 0.5) is 4.39 Å². The molecular weight excluding hydrogens is 267 g/mol. The van der Waals surface area contributed by atoms with Crippen LogP contribution in [0, 0.1) is 5.82 Å². The standard InChI is InChI=1S/C17H29FN2O/c1-3-5-6-7-8-9-13-21-17-16(18)15(10-12-20-17)14-19-11-4-2/h10,12,19H,3-9,11,13-14H2,1-2H3. The van der Waals surface area contributed by atoms with Crippen LogP contribution in [0.2, 0.25) is 0 Å². The lowest BCUT2D eigenvalue weighted by atomic mass is 10.1. The Bertz CT molecular complexity index is 385. The molecule has 0 amide bonds. The van der Waals surface area contributed by atoms with Crippen molar-refractivity contribution in [2.75, 3.05) is 13.2 Å². The number of hydrogen-bond acceptors (Lipinski definition) is 3. The molecule has 0 atom stereocenters. The van der Waals surface area contributed by atoms with Gasteiger partial charge in [-0.2, -0.15) is 0 Å². The Morgan fingerprint density at radius 1 is 1.10 bits per heavy atom. The molecule has 0 radical (unpaired) electrons. The van der Waals surface area contributed by atoms with E-state index in [1.165, 1.54) is 25.7 Å². The highest BCUT2D eigenvalue weighted by Crippen LogP contribution is 2.17. The molecule has 0 aliphatic rings. The second-order valence-corrected chi connectivity index (χ2v) is 5.38. The number of hydrogen-bond donors (Lipinski definition) is 1. The molecule has 1 heterocycles. The Morgan fingerprint density at radius 3 is 2.62 bits per heavy atom. The largest absolute Gasteiger partial charge is 0.476 e. The van der Waals surface area contributed by atoms with Crippen LogP contribution in [0.15, 0.2) is 12.3 Å². The van der Waals surface area contributed by atoms with E-state index in [-0.39, 0.29) is 11.7 Å². The topological polar surface area (TPSA) is 34.1 Å². The summed E-state index contributed by atoms with van der Waals surface area (Å²) in [6, 6.07) is 1.70. The van der Waals surface area contributed by atoms with Gasteiger partial charge >= 0.3 is 0 Å². The number of aromatic nitrogens is 1. The van der Waals surface area contributed by atoms with Crippen molar-refractivity contribution < 1.29 is 9.13 Å². The molecular formula is C17H29FN2O. The molecule has 0 aromatic carbocycles. The Kier molecular flexibility index (Phi) is 9.79. The molecule has 120 valence electrons. The smallest absolute Gasteiger partial charge is 0.250 e. The normalized spacial score (nSPS) is 10.8. The van der Waals surface area contributed by atoms with E-state index in [1.54, 1.807) is 12.3 Å². The highest BCUT2D eigenvalue weighted by Gasteiger charge is 2.10. The van der Waals surface area contributed by atoms with Gasteiger partial charge in [0.25, 0.3) is 5.88 Å². The number of rotatable bonds is 12. The first kappa shape index (κ1) is 17.9. The SMILES string of the molecule is CCCCCCCCOc1nccc(CNCCC)c1F. The van der Waals surface area contributed by atoms with Gasteiger partial charge in [-0.3, -0.25) is 0 Å². The van der Waals surface area contributed by atoms with Crippen LogP contribution in [0.1, 0.15) is 64.4 Å². The molecule has 0 spiro atoms. The zero-order valence-corrected chi connectivity index (χ0v) is 13.5. The number of pyridine rings is 1. The summed E-state index contributed by atoms with van der Waals surface area (Å²) < 4.78 is 19.6. The molecule has 1 N–H and O–H groups in total. The summed E-state index contributed by atoms with van der Waals surface area (Å²) in [4.78, 5) is 3.99. The van der Waals surface area contributed by atoms with Crippen LogP contribution in [0.3, 0.4) is 0 Å². The summed E-state index contributed by atoms with van der Waals surface area (Å²) in [5.41, 5.74) is 0.622. The van der Waals surface area contributed by atoms with Crippen LogP contribution in [-0.2, 0) is 6.54 Å². The summed E-state index contributed by atoms with van der Waals surface area (Å²) in [5, 5.41) is 3.19. The van der Waals surface area contributed by atoms with Gasteiger partial charge in [-0.25, -0.2) is 9.37 Å². The van der Waals surface area contributed by atoms with Gasteiger partial charge in [0.2, 0.25) is 0 Å². The molecule has 1 aromatic rings. The predicted octanol–water partition coefficient (Wildman–Crippen LogP) is 4.46. The van der Waals surface area contributed by atoms with Gasteiger partial charge in [-0.05, 0) is 25.5 Å². The Morgan fingerprint density at radius 2 is 1.86 bits per heavy atom. The molecule has 1 aromatic heterocycles. The van der Waals surface area contributed by atoms with E-state index in [2.05, 4.69) is 24.1 Å². The van der Waals surface area contributed by atoms with Gasteiger partial charge in [0, 0.05) is 18.3 Å². The average molecular weight is 296 g/mol. The summed E-state index contributed by atoms with van der Waals surface area (Å²) >= 11 is 0. The monoisotopic (exact) mass is 296 g/mol. The van der Waals surface area contributed by atoms with E-state index in [4.69, 9.17) is 4.74 Å². The van der Waals surface area contributed by atoms with Crippen molar-refractivity contribution in [2.45, 2.75) is 65.3 Å². The first-order valence-electron chi connectivity index (χ1n) is 8.26. The second kappa shape index (κ2) is 11.5. The molecule has 0 saturated heterocycles. The molecule has 21 heavy (non-hydrogen) atoms. The predicted molar refractivity (Wildman–Crippen MR) is 85.1 cm³/mol. The van der Waals surface area contributed by atoms with E-state index >= 15 is 0 Å². The number of nitrogens with one attached hydrogen (secondary N) is 1. The average Bonchev–Trinajstić information content (AvgIpc) is 2.49. The van der Waals surface area contributed by atoms with Crippen LogP contribution >= 0.6 is 0 Å². The van der Waals surface area contributed by atoms with E-state index in [9.17, 15) is 4.39 Å². The van der Waals surface area contributed by atoms with Crippen molar-refractivity contribution in [1.82, 2.24) is 10.3 Å². The summed E-state index contributed by atoms with van der Waals surface area (Å²) in [6.45, 7) is 6.25. The minimum absolute atomic E-state index is 0.138. The maximum absolute atomic E-state index is 14.1. The highest BCUT2D eigenvalue weighted by molar-refractivity contribution is 5.23. The zero-order chi connectivity index (χ0) is 15.3. The molecule has 0 aliphatic carbocycles. The molecule has 0 bridgehead atoms. The number of unbranched alkanes of at least 4 members (excludes halogenated alkanes) is 5. The minimum Gasteiger partial charge on any atom is -0.476 e. The third-order valence-corrected chi connectivity index (χ3v) is 3.42. The van der Waals surface area contributed by atoms with E-state index in [0.717, 1.165) is 25.8 Å². The van der Waals surface area contributed by atoms with Gasteiger partial charge in [-0.1, -0.05) is 46.0 Å². The van der Waals surface area contributed by atoms with Crippen molar-refractivity contribution in [1.29, 1.82) is 0 Å². The maximum atomic E-state index is 14.1. The first-order chi connectivity index (χ1) is 10.3. The molecule has 0 saturated carbocycles.